The lowest BCUT2D eigenvalue weighted by atomic mass is 9.98. The molecule has 0 unspecified atom stereocenters. The first kappa shape index (κ1) is 24.5. The summed E-state index contributed by atoms with van der Waals surface area (Å²) in [6.45, 7) is 2.46. The van der Waals surface area contributed by atoms with Crippen molar-refractivity contribution in [3.63, 3.8) is 0 Å². The Kier molecular flexibility index (Phi) is 6.57. The molecule has 2 bridgehead atoms. The van der Waals surface area contributed by atoms with Gasteiger partial charge in [0.25, 0.3) is 10.0 Å². The number of nitrogens with zero attached hydrogens (tertiary/aromatic N) is 4. The molecule has 0 aliphatic carbocycles. The van der Waals surface area contributed by atoms with Crippen LogP contribution in [-0.2, 0) is 16.6 Å². The number of rotatable bonds is 6. The van der Waals surface area contributed by atoms with Gasteiger partial charge in [-0.2, -0.15) is 12.8 Å². The zero-order chi connectivity index (χ0) is 25.4. The molecule has 2 aromatic heterocycles. The number of hydrogen-bond donors (Lipinski definition) is 1. The highest BCUT2D eigenvalue weighted by molar-refractivity contribution is 7.92. The predicted molar refractivity (Wildman–Crippen MR) is 133 cm³/mol. The fourth-order valence-electron chi connectivity index (χ4n) is 5.30. The van der Waals surface area contributed by atoms with E-state index < -0.39 is 26.8 Å². The number of aromatic nitrogens is 2. The molecule has 0 spiro atoms. The van der Waals surface area contributed by atoms with Crippen LogP contribution in [0.3, 0.4) is 0 Å². The molecular formula is C26H28F2N5O2S+. The smallest absolute Gasteiger partial charge is 0.283 e. The van der Waals surface area contributed by atoms with E-state index in [4.69, 9.17) is 0 Å². The zero-order valence-corrected chi connectivity index (χ0v) is 21.0. The number of fused-ring (bicyclic) bond motifs is 2. The first-order valence-corrected chi connectivity index (χ1v) is 13.4. The number of hydrogen-bond acceptors (Lipinski definition) is 5. The van der Waals surface area contributed by atoms with Crippen LogP contribution in [0.5, 0.6) is 0 Å². The van der Waals surface area contributed by atoms with E-state index in [1.54, 1.807) is 6.92 Å². The highest BCUT2D eigenvalue weighted by atomic mass is 32.2. The number of nitrogens with one attached hydrogen (secondary N) is 1. The molecule has 2 saturated heterocycles. The van der Waals surface area contributed by atoms with Gasteiger partial charge in [0.1, 0.15) is 19.1 Å². The average Bonchev–Trinajstić information content (AvgIpc) is 3.07. The minimum Gasteiger partial charge on any atom is -0.292 e. The van der Waals surface area contributed by atoms with Crippen LogP contribution in [0.4, 0.5) is 20.3 Å². The van der Waals surface area contributed by atoms with E-state index in [0.29, 0.717) is 17.8 Å². The van der Waals surface area contributed by atoms with Crippen molar-refractivity contribution in [2.24, 2.45) is 0 Å². The lowest BCUT2D eigenvalue weighted by Gasteiger charge is -2.34. The lowest BCUT2D eigenvalue weighted by Crippen LogP contribution is -2.44. The summed E-state index contributed by atoms with van der Waals surface area (Å²) in [5, 5.41) is -0.744. The molecule has 36 heavy (non-hydrogen) atoms. The number of sulfonamides is 1. The lowest BCUT2D eigenvalue weighted by molar-refractivity contribution is -0.410. The molecule has 0 saturated carbocycles. The van der Waals surface area contributed by atoms with Crippen LogP contribution in [0, 0.1) is 18.7 Å². The van der Waals surface area contributed by atoms with Gasteiger partial charge in [0.2, 0.25) is 16.7 Å². The van der Waals surface area contributed by atoms with Crippen molar-refractivity contribution in [3.8, 4) is 0 Å². The second-order valence-electron chi connectivity index (χ2n) is 9.42. The van der Waals surface area contributed by atoms with Gasteiger partial charge < -0.3 is 0 Å². The van der Waals surface area contributed by atoms with Gasteiger partial charge in [0.05, 0.1) is 5.56 Å². The Bertz CT molecular complexity index is 1410. The molecule has 2 aliphatic rings. The average molecular weight is 513 g/mol. The quantitative estimate of drug-likeness (QED) is 0.391. The molecule has 188 valence electrons. The number of halogens is 2. The maximum atomic E-state index is 15.3. The summed E-state index contributed by atoms with van der Waals surface area (Å²) in [4.78, 5) is 10.00. The molecule has 3 aromatic rings. The molecule has 1 aromatic carbocycles. The Morgan fingerprint density at radius 1 is 1.06 bits per heavy atom. The van der Waals surface area contributed by atoms with Gasteiger partial charge in [-0.3, -0.25) is 9.62 Å². The van der Waals surface area contributed by atoms with E-state index >= 15 is 4.39 Å². The van der Waals surface area contributed by atoms with E-state index in [-0.39, 0.29) is 11.4 Å². The van der Waals surface area contributed by atoms with Crippen molar-refractivity contribution in [2.75, 3.05) is 11.8 Å². The summed E-state index contributed by atoms with van der Waals surface area (Å²) in [5.41, 5.74) is 3.20. The van der Waals surface area contributed by atoms with Gasteiger partial charge in [-0.25, -0.2) is 18.9 Å². The van der Waals surface area contributed by atoms with Crippen LogP contribution in [0.1, 0.15) is 36.8 Å². The summed E-state index contributed by atoms with van der Waals surface area (Å²) in [5.74, 6) is -2.03. The summed E-state index contributed by atoms with van der Waals surface area (Å²) in [7, 11) is -2.51. The first-order chi connectivity index (χ1) is 17.2. The number of anilines is 1. The van der Waals surface area contributed by atoms with Crippen molar-refractivity contribution in [3.05, 3.63) is 77.6 Å². The molecule has 1 N–H and O–H groups in total. The Morgan fingerprint density at radius 3 is 2.42 bits per heavy atom. The Labute approximate surface area is 209 Å². The summed E-state index contributed by atoms with van der Waals surface area (Å²) >= 11 is 0. The molecule has 2 aliphatic heterocycles. The topological polar surface area (TPSA) is 78.2 Å². The maximum Gasteiger partial charge on any atom is 0.283 e. The van der Waals surface area contributed by atoms with E-state index in [9.17, 15) is 12.8 Å². The summed E-state index contributed by atoms with van der Waals surface area (Å²) in [6, 6.07) is 15.0. The fourth-order valence-corrected chi connectivity index (χ4v) is 6.37. The SMILES string of the molecule is Cc1c([N+](C)=C2C[C@H]3CC[C@@H](C2)N3Cc2ccccc2)cnc(S(=O)(=O)Nc2cccc(F)n2)c1F. The van der Waals surface area contributed by atoms with Crippen LogP contribution in [-0.4, -0.2) is 52.7 Å². The van der Waals surface area contributed by atoms with Gasteiger partial charge in [-0.15, -0.1) is 0 Å². The Hall–Kier alpha value is -3.24. The minimum atomic E-state index is -4.39. The van der Waals surface area contributed by atoms with Crippen LogP contribution >= 0.6 is 0 Å². The molecule has 4 heterocycles. The molecule has 7 nitrogen and oxygen atoms in total. The van der Waals surface area contributed by atoms with Crippen LogP contribution in [0.25, 0.3) is 0 Å². The fraction of sp³-hybridized carbons (Fsp3) is 0.346. The van der Waals surface area contributed by atoms with Crippen molar-refractivity contribution >= 4 is 27.2 Å². The first-order valence-electron chi connectivity index (χ1n) is 11.9. The van der Waals surface area contributed by atoms with Crippen molar-refractivity contribution in [2.45, 2.75) is 56.3 Å². The van der Waals surface area contributed by atoms with Crippen molar-refractivity contribution in [1.29, 1.82) is 0 Å². The van der Waals surface area contributed by atoms with Gasteiger partial charge in [0, 0.05) is 31.5 Å². The van der Waals surface area contributed by atoms with Gasteiger partial charge >= 0.3 is 0 Å². The Morgan fingerprint density at radius 2 is 1.75 bits per heavy atom. The number of benzene rings is 1. The largest absolute Gasteiger partial charge is 0.292 e. The maximum absolute atomic E-state index is 15.3. The monoisotopic (exact) mass is 512 g/mol. The highest BCUT2D eigenvalue weighted by Gasteiger charge is 2.42. The predicted octanol–water partition coefficient (Wildman–Crippen LogP) is 4.41. The van der Waals surface area contributed by atoms with Gasteiger partial charge in [-0.05, 0) is 37.5 Å². The van der Waals surface area contributed by atoms with Crippen LogP contribution in [0.2, 0.25) is 0 Å². The van der Waals surface area contributed by atoms with Crippen LogP contribution in [0.15, 0.2) is 59.8 Å². The molecular weight excluding hydrogens is 484 g/mol. The molecule has 10 heteroatoms. The number of piperidine rings is 1. The Balaban J connectivity index is 1.39. The number of pyridine rings is 2. The third-order valence-electron chi connectivity index (χ3n) is 7.17. The van der Waals surface area contributed by atoms with Gasteiger partial charge in [-0.1, -0.05) is 36.4 Å². The van der Waals surface area contributed by atoms with Crippen molar-refractivity contribution in [1.82, 2.24) is 14.9 Å². The zero-order valence-electron chi connectivity index (χ0n) is 20.2. The van der Waals surface area contributed by atoms with E-state index in [0.717, 1.165) is 38.3 Å². The standard InChI is InChI=1S/C26H28F2N5O2S/c1-17-22(15-29-26(25(17)28)36(34,35)31-24-10-6-9-23(27)30-24)32(2)21-13-19-11-12-20(14-21)33(19)16-18-7-4-3-5-8-18/h3-10,15,19-20H,11-14,16H2,1-2H3,(H,30,31)/q+1/t19-,20+. The molecule has 2 atom stereocenters. The van der Waals surface area contributed by atoms with E-state index in [2.05, 4.69) is 43.9 Å². The third-order valence-corrected chi connectivity index (χ3v) is 8.44. The summed E-state index contributed by atoms with van der Waals surface area (Å²) < 4.78 is 58.2. The van der Waals surface area contributed by atoms with E-state index in [1.807, 2.05) is 17.7 Å². The van der Waals surface area contributed by atoms with Gasteiger partial charge in [0.15, 0.2) is 11.5 Å². The molecule has 0 amide bonds. The highest BCUT2D eigenvalue weighted by Crippen LogP contribution is 2.36. The normalized spacial score (nSPS) is 21.4. The second kappa shape index (κ2) is 9.67. The summed E-state index contributed by atoms with van der Waals surface area (Å²) in [6.07, 6.45) is 5.37. The molecule has 5 rings (SSSR count). The molecule has 2 fully saturated rings. The third kappa shape index (κ3) is 4.75. The molecule has 0 radical (unpaired) electrons. The van der Waals surface area contributed by atoms with Crippen molar-refractivity contribution < 1.29 is 21.8 Å². The van der Waals surface area contributed by atoms with E-state index in [1.165, 1.54) is 29.6 Å². The minimum absolute atomic E-state index is 0.187. The second-order valence-corrected chi connectivity index (χ2v) is 11.0. The van der Waals surface area contributed by atoms with Crippen LogP contribution < -0.4 is 4.72 Å².